The van der Waals surface area contributed by atoms with Crippen molar-refractivity contribution in [1.29, 1.82) is 0 Å². The van der Waals surface area contributed by atoms with E-state index in [1.165, 1.54) is 7.11 Å². The van der Waals surface area contributed by atoms with E-state index in [0.29, 0.717) is 18.4 Å². The molecule has 0 bridgehead atoms. The third-order valence-corrected chi connectivity index (χ3v) is 12.2. The smallest absolute Gasteiger partial charge is 0.408 e. The Morgan fingerprint density at radius 2 is 1.02 bits per heavy atom. The quantitative estimate of drug-likeness (QED) is 0.0827. The normalized spacial score (nSPS) is 13.7. The molecule has 0 saturated heterocycles. The van der Waals surface area contributed by atoms with E-state index in [0.717, 1.165) is 27.8 Å². The van der Waals surface area contributed by atoms with Crippen LogP contribution in [0.1, 0.15) is 45.6 Å². The summed E-state index contributed by atoms with van der Waals surface area (Å²) in [4.78, 5) is 13.6. The van der Waals surface area contributed by atoms with E-state index < -0.39 is 30.6 Å². The maximum absolute atomic E-state index is 16.0. The number of carbonyl (C=O) groups excluding carboxylic acids is 1. The second-order valence-electron chi connectivity index (χ2n) is 12.4. The van der Waals surface area contributed by atoms with Crippen LogP contribution in [-0.2, 0) is 32.4 Å². The average molecular weight is 695 g/mol. The number of amides is 1. The predicted octanol–water partition coefficient (Wildman–Crippen LogP) is 10.1. The number of aryl methyl sites for hydroxylation is 1. The second-order valence-corrected chi connectivity index (χ2v) is 15.2. The number of benzene rings is 6. The molecule has 0 aromatic heterocycles. The summed E-state index contributed by atoms with van der Waals surface area (Å²) in [6, 6.07) is 59.6. The minimum atomic E-state index is -3.91. The van der Waals surface area contributed by atoms with Crippen molar-refractivity contribution in [2.75, 3.05) is 7.11 Å². The van der Waals surface area contributed by atoms with Gasteiger partial charge in [-0.25, -0.2) is 4.79 Å². The Kier molecular flexibility index (Phi) is 11.9. The van der Waals surface area contributed by atoms with Crippen molar-refractivity contribution in [3.63, 3.8) is 0 Å². The van der Waals surface area contributed by atoms with E-state index in [1.807, 2.05) is 133 Å². The van der Waals surface area contributed by atoms with Gasteiger partial charge < -0.3 is 14.6 Å². The Morgan fingerprint density at radius 1 is 0.608 bits per heavy atom. The lowest BCUT2D eigenvalue weighted by Gasteiger charge is -2.43. The highest BCUT2D eigenvalue weighted by molar-refractivity contribution is 7.60. The van der Waals surface area contributed by atoms with Crippen LogP contribution in [0.4, 0.5) is 4.79 Å². The van der Waals surface area contributed by atoms with Crippen LogP contribution in [0.5, 0.6) is 0 Å². The summed E-state index contributed by atoms with van der Waals surface area (Å²) in [7, 11) is -2.44. The first-order valence-corrected chi connectivity index (χ1v) is 18.9. The van der Waals surface area contributed by atoms with E-state index >= 15 is 4.57 Å². The molecule has 0 aliphatic heterocycles. The molecule has 6 aromatic carbocycles. The topological polar surface area (TPSA) is 76.7 Å². The number of carbonyl (C=O) groups is 1. The van der Waals surface area contributed by atoms with Crippen LogP contribution in [0.3, 0.4) is 0 Å². The number of hydrogen-bond acceptors (Lipinski definition) is 5. The third kappa shape index (κ3) is 8.38. The van der Waals surface area contributed by atoms with Crippen LogP contribution in [0.2, 0.25) is 0 Å². The van der Waals surface area contributed by atoms with Gasteiger partial charge in [0.05, 0.1) is 11.3 Å². The maximum atomic E-state index is 16.0. The van der Waals surface area contributed by atoms with E-state index in [9.17, 15) is 4.79 Å². The predicted molar refractivity (Wildman–Crippen MR) is 204 cm³/mol. The molecule has 7 heteroatoms. The summed E-state index contributed by atoms with van der Waals surface area (Å²) in [5, 5.41) is 6.97. The van der Waals surface area contributed by atoms with Gasteiger partial charge in [-0.15, -0.1) is 0 Å². The Hall–Kier alpha value is -5.26. The first kappa shape index (κ1) is 35.6. The fraction of sp³-hybridized carbons (Fsp3) is 0.159. The van der Waals surface area contributed by atoms with E-state index in [4.69, 9.17) is 9.26 Å². The van der Waals surface area contributed by atoms with Gasteiger partial charge in [-0.05, 0) is 46.2 Å². The number of alkyl carbamates (subject to hydrolysis) is 1. The van der Waals surface area contributed by atoms with Gasteiger partial charge in [-0.1, -0.05) is 182 Å². The van der Waals surface area contributed by atoms with E-state index in [1.54, 1.807) is 0 Å². The van der Waals surface area contributed by atoms with Gasteiger partial charge in [0.2, 0.25) is 7.37 Å². The van der Waals surface area contributed by atoms with Gasteiger partial charge in [0.1, 0.15) is 12.4 Å². The summed E-state index contributed by atoms with van der Waals surface area (Å²) >= 11 is 0. The van der Waals surface area contributed by atoms with Crippen LogP contribution in [0.15, 0.2) is 182 Å². The molecule has 0 aliphatic rings. The summed E-state index contributed by atoms with van der Waals surface area (Å²) in [5.74, 6) is -1.79. The first-order chi connectivity index (χ1) is 25.0. The fourth-order valence-electron chi connectivity index (χ4n) is 6.66. The largest absolute Gasteiger partial charge is 0.445 e. The highest BCUT2D eigenvalue weighted by atomic mass is 31.2. The molecule has 3 atom stereocenters. The minimum absolute atomic E-state index is 0.0697. The van der Waals surface area contributed by atoms with Gasteiger partial charge in [0.25, 0.3) is 0 Å². The summed E-state index contributed by atoms with van der Waals surface area (Å²) in [6.07, 6.45) is 0.362. The third-order valence-electron chi connectivity index (χ3n) is 9.22. The number of nitrogens with one attached hydrogen (secondary N) is 2. The summed E-state index contributed by atoms with van der Waals surface area (Å²) < 4.78 is 28.0. The molecule has 51 heavy (non-hydrogen) atoms. The van der Waals surface area contributed by atoms with Crippen LogP contribution in [0.25, 0.3) is 0 Å². The van der Waals surface area contributed by atoms with Crippen LogP contribution < -0.4 is 10.6 Å². The number of hydrogen-bond donors (Lipinski definition) is 2. The Bertz CT molecular complexity index is 1880. The molecule has 258 valence electrons. The van der Waals surface area contributed by atoms with Crippen molar-refractivity contribution in [3.05, 3.63) is 215 Å². The van der Waals surface area contributed by atoms with Crippen molar-refractivity contribution in [2.45, 2.75) is 36.6 Å². The zero-order valence-corrected chi connectivity index (χ0v) is 29.6. The Morgan fingerprint density at radius 3 is 1.47 bits per heavy atom. The van der Waals surface area contributed by atoms with Gasteiger partial charge >= 0.3 is 6.09 Å². The van der Waals surface area contributed by atoms with Gasteiger partial charge in [0, 0.05) is 7.11 Å². The van der Waals surface area contributed by atoms with Crippen LogP contribution >= 0.6 is 7.37 Å². The molecule has 6 rings (SSSR count). The number of rotatable bonds is 15. The standard InChI is InChI=1S/C44H43N2O4P/c1-49-51(48,42(37-24-12-4-13-25-37)45-43(47)50-34-36-22-10-3-11-23-36)41(33-32-35-20-8-2-9-21-35)46-44(38-26-14-5-15-27-38,39-28-16-6-17-29-39)40-30-18-7-19-31-40/h2-31,41-42,46H,32-34H2,1H3,(H,45,47). The van der Waals surface area contributed by atoms with Crippen molar-refractivity contribution < 1.29 is 18.6 Å². The monoisotopic (exact) mass is 694 g/mol. The lowest BCUT2D eigenvalue weighted by Crippen LogP contribution is -2.51. The molecule has 3 unspecified atom stereocenters. The highest BCUT2D eigenvalue weighted by Gasteiger charge is 2.48. The maximum Gasteiger partial charge on any atom is 0.408 e. The van der Waals surface area contributed by atoms with E-state index in [-0.39, 0.29) is 6.61 Å². The zero-order chi connectivity index (χ0) is 35.4. The summed E-state index contributed by atoms with van der Waals surface area (Å²) in [6.45, 7) is 0.0697. The molecule has 2 N–H and O–H groups in total. The second kappa shape index (κ2) is 17.1. The molecule has 0 radical (unpaired) electrons. The molecule has 0 spiro atoms. The Labute approximate surface area is 301 Å². The molecule has 0 saturated carbocycles. The molecule has 6 aromatic rings. The van der Waals surface area contributed by atoms with Crippen molar-refractivity contribution >= 4 is 13.5 Å². The molecule has 6 nitrogen and oxygen atoms in total. The lowest BCUT2D eigenvalue weighted by molar-refractivity contribution is 0.137. The molecule has 0 heterocycles. The lowest BCUT2D eigenvalue weighted by atomic mass is 9.77. The van der Waals surface area contributed by atoms with E-state index in [2.05, 4.69) is 59.2 Å². The van der Waals surface area contributed by atoms with Crippen molar-refractivity contribution in [2.24, 2.45) is 0 Å². The van der Waals surface area contributed by atoms with Crippen LogP contribution in [-0.4, -0.2) is 19.0 Å². The number of ether oxygens (including phenoxy) is 1. The van der Waals surface area contributed by atoms with Crippen molar-refractivity contribution in [1.82, 2.24) is 10.6 Å². The van der Waals surface area contributed by atoms with Gasteiger partial charge in [-0.3, -0.25) is 9.88 Å². The van der Waals surface area contributed by atoms with Gasteiger partial charge in [-0.2, -0.15) is 0 Å². The molecule has 1 amide bonds. The molecule has 0 aliphatic carbocycles. The van der Waals surface area contributed by atoms with Crippen LogP contribution in [0, 0.1) is 0 Å². The van der Waals surface area contributed by atoms with Gasteiger partial charge in [0.15, 0.2) is 0 Å². The SMILES string of the molecule is COP(=O)(C(CCc1ccccc1)NC(c1ccccc1)(c1ccccc1)c1ccccc1)C(NC(=O)OCc1ccccc1)c1ccccc1. The Balaban J connectivity index is 1.49. The fourth-order valence-corrected chi connectivity index (χ4v) is 9.22. The molecular weight excluding hydrogens is 651 g/mol. The average Bonchev–Trinajstić information content (AvgIpc) is 3.21. The highest BCUT2D eigenvalue weighted by Crippen LogP contribution is 2.63. The summed E-state index contributed by atoms with van der Waals surface area (Å²) in [5.41, 5.74) is 4.57. The molecular formula is C44H43N2O4P. The first-order valence-electron chi connectivity index (χ1n) is 17.2. The zero-order valence-electron chi connectivity index (χ0n) is 28.7. The van der Waals surface area contributed by atoms with Crippen molar-refractivity contribution in [3.8, 4) is 0 Å². The molecule has 0 fully saturated rings. The minimum Gasteiger partial charge on any atom is -0.445 e.